The summed E-state index contributed by atoms with van der Waals surface area (Å²) >= 11 is 0. The van der Waals surface area contributed by atoms with E-state index in [0.717, 1.165) is 4.31 Å². The number of ether oxygens (including phenoxy) is 1. The second-order valence-corrected chi connectivity index (χ2v) is 7.60. The van der Waals surface area contributed by atoms with E-state index in [2.05, 4.69) is 5.32 Å². The number of rotatable bonds is 5. The maximum atomic E-state index is 12.6. The monoisotopic (exact) mass is 374 g/mol. The number of carbonyl (C=O) groups is 2. The molecule has 1 N–H and O–H groups in total. The van der Waals surface area contributed by atoms with Crippen molar-refractivity contribution in [2.75, 3.05) is 22.0 Å². The van der Waals surface area contributed by atoms with E-state index >= 15 is 0 Å². The molecule has 2 aromatic carbocycles. The Balaban J connectivity index is 1.87. The predicted molar refractivity (Wildman–Crippen MR) is 97.9 cm³/mol. The fourth-order valence-corrected chi connectivity index (χ4v) is 4.14. The van der Waals surface area contributed by atoms with Gasteiger partial charge in [0.05, 0.1) is 23.7 Å². The average Bonchev–Trinajstić information content (AvgIpc) is 2.89. The quantitative estimate of drug-likeness (QED) is 0.867. The van der Waals surface area contributed by atoms with Gasteiger partial charge in [0.25, 0.3) is 5.91 Å². The van der Waals surface area contributed by atoms with E-state index in [0.29, 0.717) is 18.0 Å². The van der Waals surface area contributed by atoms with E-state index < -0.39 is 21.8 Å². The van der Waals surface area contributed by atoms with Crippen LogP contribution >= 0.6 is 0 Å². The Hall–Kier alpha value is -2.87. The van der Waals surface area contributed by atoms with Gasteiger partial charge >= 0.3 is 0 Å². The van der Waals surface area contributed by atoms with Crippen LogP contribution < -0.4 is 14.4 Å². The van der Waals surface area contributed by atoms with Crippen molar-refractivity contribution in [1.29, 1.82) is 0 Å². The van der Waals surface area contributed by atoms with Crippen molar-refractivity contribution in [1.82, 2.24) is 0 Å². The molecule has 2 amide bonds. The molecular weight excluding hydrogens is 356 g/mol. The lowest BCUT2D eigenvalue weighted by Crippen LogP contribution is -2.29. The Morgan fingerprint density at radius 1 is 1.19 bits per heavy atom. The van der Waals surface area contributed by atoms with Gasteiger partial charge < -0.3 is 10.1 Å². The van der Waals surface area contributed by atoms with Crippen LogP contribution in [0.4, 0.5) is 11.4 Å². The summed E-state index contributed by atoms with van der Waals surface area (Å²) in [5.74, 6) is -0.603. The molecule has 1 fully saturated rings. The first-order valence-electron chi connectivity index (χ1n) is 8.11. The Morgan fingerprint density at radius 2 is 1.96 bits per heavy atom. The molecule has 3 rings (SSSR count). The van der Waals surface area contributed by atoms with E-state index in [-0.39, 0.29) is 23.4 Å². The Bertz CT molecular complexity index is 956. The maximum Gasteiger partial charge on any atom is 0.255 e. The SMILES string of the molecule is CCOc1ccccc1NC(=O)c1cccc(N2C(=O)CCS2(=O)=O)c1. The molecule has 0 radical (unpaired) electrons. The third kappa shape index (κ3) is 3.55. The van der Waals surface area contributed by atoms with E-state index in [1.54, 1.807) is 36.4 Å². The normalized spacial score (nSPS) is 15.7. The molecule has 0 spiro atoms. The van der Waals surface area contributed by atoms with Gasteiger partial charge in [0.1, 0.15) is 5.75 Å². The second-order valence-electron chi connectivity index (χ2n) is 5.66. The van der Waals surface area contributed by atoms with Gasteiger partial charge in [-0.2, -0.15) is 0 Å². The van der Waals surface area contributed by atoms with Crippen LogP contribution in [-0.4, -0.2) is 32.6 Å². The Morgan fingerprint density at radius 3 is 2.65 bits per heavy atom. The minimum atomic E-state index is -3.67. The van der Waals surface area contributed by atoms with Gasteiger partial charge in [-0.1, -0.05) is 18.2 Å². The molecule has 1 heterocycles. The smallest absolute Gasteiger partial charge is 0.255 e. The molecule has 1 aliphatic heterocycles. The molecule has 26 heavy (non-hydrogen) atoms. The van der Waals surface area contributed by atoms with Crippen LogP contribution in [0.25, 0.3) is 0 Å². The lowest BCUT2D eigenvalue weighted by atomic mass is 10.1. The van der Waals surface area contributed by atoms with Crippen LogP contribution in [0.1, 0.15) is 23.7 Å². The zero-order valence-electron chi connectivity index (χ0n) is 14.1. The van der Waals surface area contributed by atoms with Crippen molar-refractivity contribution in [3.05, 3.63) is 54.1 Å². The van der Waals surface area contributed by atoms with Crippen molar-refractivity contribution in [2.24, 2.45) is 0 Å². The van der Waals surface area contributed by atoms with Crippen LogP contribution in [0.3, 0.4) is 0 Å². The second kappa shape index (κ2) is 7.17. The van der Waals surface area contributed by atoms with Crippen molar-refractivity contribution >= 4 is 33.2 Å². The molecule has 0 saturated carbocycles. The van der Waals surface area contributed by atoms with Gasteiger partial charge in [0, 0.05) is 12.0 Å². The highest BCUT2D eigenvalue weighted by molar-refractivity contribution is 7.94. The van der Waals surface area contributed by atoms with Gasteiger partial charge in [-0.25, -0.2) is 12.7 Å². The number of hydrogen-bond donors (Lipinski definition) is 1. The number of nitrogens with zero attached hydrogens (tertiary/aromatic N) is 1. The van der Waals surface area contributed by atoms with Crippen LogP contribution in [0, 0.1) is 0 Å². The number of carbonyl (C=O) groups excluding carboxylic acids is 2. The molecule has 8 heteroatoms. The highest BCUT2D eigenvalue weighted by atomic mass is 32.2. The summed E-state index contributed by atoms with van der Waals surface area (Å²) in [4.78, 5) is 24.5. The summed E-state index contributed by atoms with van der Waals surface area (Å²) in [5.41, 5.74) is 0.913. The lowest BCUT2D eigenvalue weighted by Gasteiger charge is -2.16. The molecule has 1 saturated heterocycles. The fraction of sp³-hybridized carbons (Fsp3) is 0.222. The van der Waals surface area contributed by atoms with Crippen molar-refractivity contribution in [3.63, 3.8) is 0 Å². The van der Waals surface area contributed by atoms with Gasteiger partial charge in [-0.3, -0.25) is 9.59 Å². The van der Waals surface area contributed by atoms with Crippen LogP contribution in [0.2, 0.25) is 0 Å². The molecule has 0 aromatic heterocycles. The molecule has 0 atom stereocenters. The summed E-state index contributed by atoms with van der Waals surface area (Å²) < 4.78 is 30.3. The van der Waals surface area contributed by atoms with Gasteiger partial charge in [-0.15, -0.1) is 0 Å². The van der Waals surface area contributed by atoms with E-state index in [1.165, 1.54) is 12.1 Å². The standard InChI is InChI=1S/C18H18N2O5S/c1-2-25-16-9-4-3-8-15(16)19-18(22)13-6-5-7-14(12-13)20-17(21)10-11-26(20,23)24/h3-9,12H,2,10-11H2,1H3,(H,19,22). The Labute approximate surface area is 151 Å². The number of hydrogen-bond acceptors (Lipinski definition) is 5. The van der Waals surface area contributed by atoms with Crippen LogP contribution in [0.5, 0.6) is 5.75 Å². The first-order valence-corrected chi connectivity index (χ1v) is 9.72. The Kier molecular flexibility index (Phi) is 4.94. The molecule has 136 valence electrons. The molecule has 1 aliphatic rings. The summed E-state index contributed by atoms with van der Waals surface area (Å²) in [5, 5.41) is 2.74. The van der Waals surface area contributed by atoms with Gasteiger partial charge in [0.2, 0.25) is 15.9 Å². The summed E-state index contributed by atoms with van der Waals surface area (Å²) in [6, 6.07) is 13.0. The van der Waals surface area contributed by atoms with Crippen molar-refractivity contribution < 1.29 is 22.7 Å². The molecule has 0 unspecified atom stereocenters. The summed E-state index contributed by atoms with van der Waals surface area (Å²) in [7, 11) is -3.67. The lowest BCUT2D eigenvalue weighted by molar-refractivity contribution is -0.116. The topological polar surface area (TPSA) is 92.8 Å². The molecule has 0 bridgehead atoms. The summed E-state index contributed by atoms with van der Waals surface area (Å²) in [6.07, 6.45) is -0.0551. The summed E-state index contributed by atoms with van der Waals surface area (Å²) in [6.45, 7) is 2.30. The molecule has 7 nitrogen and oxygen atoms in total. The van der Waals surface area contributed by atoms with Crippen molar-refractivity contribution in [2.45, 2.75) is 13.3 Å². The number of para-hydroxylation sites is 2. The van der Waals surface area contributed by atoms with Gasteiger partial charge in [-0.05, 0) is 37.3 Å². The van der Waals surface area contributed by atoms with Gasteiger partial charge in [0.15, 0.2) is 0 Å². The number of nitrogens with one attached hydrogen (secondary N) is 1. The highest BCUT2D eigenvalue weighted by Gasteiger charge is 2.36. The minimum absolute atomic E-state index is 0.0551. The third-order valence-corrected chi connectivity index (χ3v) is 5.55. The number of benzene rings is 2. The number of sulfonamides is 1. The molecule has 0 aliphatic carbocycles. The van der Waals surface area contributed by atoms with Crippen LogP contribution in [0.15, 0.2) is 48.5 Å². The zero-order chi connectivity index (χ0) is 18.7. The van der Waals surface area contributed by atoms with E-state index in [4.69, 9.17) is 4.74 Å². The van der Waals surface area contributed by atoms with E-state index in [9.17, 15) is 18.0 Å². The highest BCUT2D eigenvalue weighted by Crippen LogP contribution is 2.27. The predicted octanol–water partition coefficient (Wildman–Crippen LogP) is 2.40. The fourth-order valence-electron chi connectivity index (χ4n) is 2.69. The average molecular weight is 374 g/mol. The number of amides is 2. The van der Waals surface area contributed by atoms with Crippen molar-refractivity contribution in [3.8, 4) is 5.75 Å². The number of anilines is 2. The molecule has 2 aromatic rings. The van der Waals surface area contributed by atoms with Crippen LogP contribution in [-0.2, 0) is 14.8 Å². The largest absolute Gasteiger partial charge is 0.492 e. The maximum absolute atomic E-state index is 12.6. The zero-order valence-corrected chi connectivity index (χ0v) is 15.0. The molecular formula is C18H18N2O5S. The van der Waals surface area contributed by atoms with E-state index in [1.807, 2.05) is 6.92 Å². The third-order valence-electron chi connectivity index (χ3n) is 3.86. The minimum Gasteiger partial charge on any atom is -0.492 e. The first-order chi connectivity index (χ1) is 12.4. The first kappa shape index (κ1) is 17.9.